The van der Waals surface area contributed by atoms with Crippen LogP contribution in [0.4, 0.5) is 0 Å². The summed E-state index contributed by atoms with van der Waals surface area (Å²) in [4.78, 5) is 11.9. The summed E-state index contributed by atoms with van der Waals surface area (Å²) in [5.41, 5.74) is 1.65. The van der Waals surface area contributed by atoms with Crippen molar-refractivity contribution < 1.29 is 23.4 Å². The first-order chi connectivity index (χ1) is 14.0. The number of fused-ring (bicyclic) bond motifs is 1. The molecule has 0 fully saturated rings. The van der Waals surface area contributed by atoms with E-state index >= 15 is 0 Å². The highest BCUT2D eigenvalue weighted by Crippen LogP contribution is 2.34. The van der Waals surface area contributed by atoms with E-state index in [0.717, 1.165) is 16.7 Å². The average molecular weight is 392 g/mol. The Kier molecular flexibility index (Phi) is 4.76. The molecule has 0 bridgehead atoms. The van der Waals surface area contributed by atoms with Crippen LogP contribution >= 0.6 is 0 Å². The lowest BCUT2D eigenvalue weighted by molar-refractivity contribution is 0.306. The van der Waals surface area contributed by atoms with E-state index in [2.05, 4.69) is 0 Å². The Balaban J connectivity index is 1.60. The van der Waals surface area contributed by atoms with Crippen LogP contribution in [-0.4, -0.2) is 12.2 Å². The molecule has 4 rings (SSSR count). The molecule has 0 aliphatic heterocycles. The molecule has 0 spiro atoms. The van der Waals surface area contributed by atoms with Gasteiger partial charge in [0.1, 0.15) is 29.4 Å². The van der Waals surface area contributed by atoms with Crippen LogP contribution in [0.3, 0.4) is 0 Å². The minimum absolute atomic E-state index is 0.0831. The molecule has 4 aromatic rings. The first kappa shape index (κ1) is 18.7. The summed E-state index contributed by atoms with van der Waals surface area (Å²) in [5, 5.41) is 11.0. The standard InChI is InChI=1S/C23H20O6/c1-13-21(24)14(2)23(25)29-22(13)20-10-16-6-9-18(11-19(16)28-20)27-12-15-4-7-17(26-3)8-5-15/h4-11,24H,12H2,1-3H3. The summed E-state index contributed by atoms with van der Waals surface area (Å²) in [6.45, 7) is 3.60. The van der Waals surface area contributed by atoms with Crippen molar-refractivity contribution in [3.63, 3.8) is 0 Å². The normalized spacial score (nSPS) is 11.0. The number of hydrogen-bond acceptors (Lipinski definition) is 6. The Labute approximate surface area is 166 Å². The van der Waals surface area contributed by atoms with Crippen molar-refractivity contribution in [1.29, 1.82) is 0 Å². The zero-order chi connectivity index (χ0) is 20.5. The van der Waals surface area contributed by atoms with E-state index in [1.54, 1.807) is 26.2 Å². The SMILES string of the molecule is COc1ccc(COc2ccc3cc(-c4oc(=O)c(C)c(O)c4C)oc3c2)cc1. The third-order valence-electron chi connectivity index (χ3n) is 4.83. The molecule has 0 saturated heterocycles. The number of ether oxygens (including phenoxy) is 2. The maximum absolute atomic E-state index is 11.9. The zero-order valence-corrected chi connectivity index (χ0v) is 16.3. The molecule has 0 atom stereocenters. The van der Waals surface area contributed by atoms with Crippen molar-refractivity contribution in [2.24, 2.45) is 0 Å². The van der Waals surface area contributed by atoms with Crippen molar-refractivity contribution in [1.82, 2.24) is 0 Å². The quantitative estimate of drug-likeness (QED) is 0.517. The molecule has 0 aliphatic rings. The van der Waals surface area contributed by atoms with Gasteiger partial charge in [0.05, 0.1) is 12.7 Å². The maximum atomic E-state index is 11.9. The van der Waals surface area contributed by atoms with Crippen LogP contribution in [-0.2, 0) is 6.61 Å². The molecule has 6 heteroatoms. The second-order valence-electron chi connectivity index (χ2n) is 6.76. The minimum Gasteiger partial charge on any atom is -0.507 e. The van der Waals surface area contributed by atoms with Gasteiger partial charge in [0.15, 0.2) is 11.5 Å². The number of aromatic hydroxyl groups is 1. The van der Waals surface area contributed by atoms with Gasteiger partial charge in [0, 0.05) is 17.0 Å². The van der Waals surface area contributed by atoms with Gasteiger partial charge >= 0.3 is 5.63 Å². The highest BCUT2D eigenvalue weighted by molar-refractivity contribution is 5.83. The van der Waals surface area contributed by atoms with Gasteiger partial charge in [-0.05, 0) is 49.7 Å². The number of benzene rings is 2. The Bertz CT molecular complexity index is 1230. The Hall–Kier alpha value is -3.67. The summed E-state index contributed by atoms with van der Waals surface area (Å²) < 4.78 is 22.2. The van der Waals surface area contributed by atoms with Crippen LogP contribution in [0.1, 0.15) is 16.7 Å². The van der Waals surface area contributed by atoms with Crippen LogP contribution in [0, 0.1) is 13.8 Å². The monoisotopic (exact) mass is 392 g/mol. The number of furan rings is 1. The van der Waals surface area contributed by atoms with E-state index < -0.39 is 5.63 Å². The average Bonchev–Trinajstić information content (AvgIpc) is 3.16. The lowest BCUT2D eigenvalue weighted by Crippen LogP contribution is -2.05. The summed E-state index contributed by atoms with van der Waals surface area (Å²) in [5.74, 6) is 1.95. The summed E-state index contributed by atoms with van der Waals surface area (Å²) in [6.07, 6.45) is 0. The smallest absolute Gasteiger partial charge is 0.343 e. The molecular weight excluding hydrogens is 372 g/mol. The van der Waals surface area contributed by atoms with E-state index in [1.165, 1.54) is 6.92 Å². The zero-order valence-electron chi connectivity index (χ0n) is 16.3. The van der Waals surface area contributed by atoms with Crippen molar-refractivity contribution >= 4 is 11.0 Å². The molecule has 0 saturated carbocycles. The van der Waals surface area contributed by atoms with Gasteiger partial charge in [-0.15, -0.1) is 0 Å². The second-order valence-corrected chi connectivity index (χ2v) is 6.76. The number of hydrogen-bond donors (Lipinski definition) is 1. The molecule has 1 N–H and O–H groups in total. The van der Waals surface area contributed by atoms with E-state index in [-0.39, 0.29) is 17.1 Å². The van der Waals surface area contributed by atoms with Crippen molar-refractivity contribution in [2.75, 3.05) is 7.11 Å². The lowest BCUT2D eigenvalue weighted by atomic mass is 10.1. The predicted molar refractivity (Wildman–Crippen MR) is 109 cm³/mol. The van der Waals surface area contributed by atoms with Crippen molar-refractivity contribution in [2.45, 2.75) is 20.5 Å². The van der Waals surface area contributed by atoms with Crippen LogP contribution < -0.4 is 15.1 Å². The summed E-state index contributed by atoms with van der Waals surface area (Å²) in [6, 6.07) is 14.9. The third-order valence-corrected chi connectivity index (χ3v) is 4.83. The van der Waals surface area contributed by atoms with Crippen molar-refractivity contribution in [3.8, 4) is 28.8 Å². The Morgan fingerprint density at radius 3 is 2.38 bits per heavy atom. The van der Waals surface area contributed by atoms with Crippen LogP contribution in [0.15, 0.2) is 62.2 Å². The van der Waals surface area contributed by atoms with Crippen molar-refractivity contribution in [3.05, 3.63) is 75.6 Å². The Morgan fingerprint density at radius 2 is 1.66 bits per heavy atom. The van der Waals surface area contributed by atoms with E-state index in [1.807, 2.05) is 36.4 Å². The van der Waals surface area contributed by atoms with Crippen LogP contribution in [0.25, 0.3) is 22.5 Å². The molecule has 148 valence electrons. The van der Waals surface area contributed by atoms with Gasteiger partial charge < -0.3 is 23.4 Å². The van der Waals surface area contributed by atoms with Crippen LogP contribution in [0.2, 0.25) is 0 Å². The summed E-state index contributed by atoms with van der Waals surface area (Å²) in [7, 11) is 1.63. The number of rotatable bonds is 5. The highest BCUT2D eigenvalue weighted by atomic mass is 16.5. The minimum atomic E-state index is -0.591. The van der Waals surface area contributed by atoms with E-state index in [9.17, 15) is 9.90 Å². The Morgan fingerprint density at radius 1 is 0.931 bits per heavy atom. The molecule has 2 heterocycles. The van der Waals surface area contributed by atoms with Gasteiger partial charge in [-0.1, -0.05) is 12.1 Å². The van der Waals surface area contributed by atoms with E-state index in [0.29, 0.717) is 29.3 Å². The maximum Gasteiger partial charge on any atom is 0.343 e. The lowest BCUT2D eigenvalue weighted by Gasteiger charge is -2.07. The second kappa shape index (κ2) is 7.39. The fourth-order valence-electron chi connectivity index (χ4n) is 3.07. The van der Waals surface area contributed by atoms with Gasteiger partial charge in [-0.2, -0.15) is 0 Å². The molecule has 29 heavy (non-hydrogen) atoms. The molecule has 6 nitrogen and oxygen atoms in total. The molecule has 0 unspecified atom stereocenters. The molecule has 0 aliphatic carbocycles. The van der Waals surface area contributed by atoms with Crippen LogP contribution in [0.5, 0.6) is 17.2 Å². The first-order valence-electron chi connectivity index (χ1n) is 9.09. The van der Waals surface area contributed by atoms with Gasteiger partial charge in [-0.25, -0.2) is 4.79 Å². The van der Waals surface area contributed by atoms with Gasteiger partial charge in [0.2, 0.25) is 0 Å². The van der Waals surface area contributed by atoms with Gasteiger partial charge in [-0.3, -0.25) is 0 Å². The van der Waals surface area contributed by atoms with Gasteiger partial charge in [0.25, 0.3) is 0 Å². The molecule has 0 radical (unpaired) electrons. The topological polar surface area (TPSA) is 82.0 Å². The molecule has 0 amide bonds. The van der Waals surface area contributed by atoms with E-state index in [4.69, 9.17) is 18.3 Å². The highest BCUT2D eigenvalue weighted by Gasteiger charge is 2.18. The first-order valence-corrected chi connectivity index (χ1v) is 9.09. The summed E-state index contributed by atoms with van der Waals surface area (Å²) >= 11 is 0. The molecule has 2 aromatic carbocycles. The fourth-order valence-corrected chi connectivity index (χ4v) is 3.07. The molecule has 2 aromatic heterocycles. The third kappa shape index (κ3) is 3.57. The predicted octanol–water partition coefficient (Wildman–Crippen LogP) is 4.96. The largest absolute Gasteiger partial charge is 0.507 e. The number of methoxy groups -OCH3 is 1. The molecular formula is C23H20O6. The fraction of sp³-hybridized carbons (Fsp3) is 0.174.